The second kappa shape index (κ2) is 11.5. The van der Waals surface area contributed by atoms with Gasteiger partial charge in [0.15, 0.2) is 11.5 Å². The van der Waals surface area contributed by atoms with Crippen LogP contribution < -0.4 is 14.9 Å². The van der Waals surface area contributed by atoms with Crippen molar-refractivity contribution >= 4 is 28.1 Å². The van der Waals surface area contributed by atoms with Gasteiger partial charge in [-0.15, -0.1) is 0 Å². The number of rotatable bonds is 9. The average molecular weight is 532 g/mol. The van der Waals surface area contributed by atoms with Gasteiger partial charge in [0, 0.05) is 23.6 Å². The molecule has 0 fully saturated rings. The van der Waals surface area contributed by atoms with Crippen LogP contribution in [0.3, 0.4) is 0 Å². The highest BCUT2D eigenvalue weighted by molar-refractivity contribution is 9.10. The first-order valence-electron chi connectivity index (χ1n) is 11.2. The van der Waals surface area contributed by atoms with Gasteiger partial charge < -0.3 is 14.0 Å². The number of halogens is 1. The van der Waals surface area contributed by atoms with Crippen LogP contribution in [-0.2, 0) is 6.61 Å². The molecule has 0 atom stereocenters. The monoisotopic (exact) mass is 531 g/mol. The summed E-state index contributed by atoms with van der Waals surface area (Å²) in [6, 6.07) is 23.1. The second-order valence-electron chi connectivity index (χ2n) is 7.87. The van der Waals surface area contributed by atoms with Crippen molar-refractivity contribution in [1.29, 1.82) is 0 Å². The zero-order valence-electron chi connectivity index (χ0n) is 19.6. The van der Waals surface area contributed by atoms with Crippen molar-refractivity contribution in [3.63, 3.8) is 0 Å². The molecule has 7 heteroatoms. The van der Waals surface area contributed by atoms with Gasteiger partial charge in [-0.05, 0) is 89.4 Å². The topological polar surface area (TPSA) is 64.8 Å². The van der Waals surface area contributed by atoms with Crippen LogP contribution in [0.25, 0.3) is 5.69 Å². The highest BCUT2D eigenvalue weighted by Gasteiger charge is 2.12. The second-order valence-corrected chi connectivity index (χ2v) is 8.73. The van der Waals surface area contributed by atoms with Crippen molar-refractivity contribution in [3.8, 4) is 17.2 Å². The first-order valence-corrected chi connectivity index (χ1v) is 12.0. The number of aryl methyl sites for hydroxylation is 1. The van der Waals surface area contributed by atoms with E-state index in [-0.39, 0.29) is 5.91 Å². The maximum absolute atomic E-state index is 12.5. The third kappa shape index (κ3) is 6.39. The Morgan fingerprint density at radius 2 is 1.74 bits per heavy atom. The van der Waals surface area contributed by atoms with Gasteiger partial charge in [-0.2, -0.15) is 5.10 Å². The molecule has 0 saturated carbocycles. The highest BCUT2D eigenvalue weighted by atomic mass is 79.9. The van der Waals surface area contributed by atoms with Crippen LogP contribution in [0.15, 0.2) is 94.8 Å². The average Bonchev–Trinajstić information content (AvgIpc) is 3.40. The van der Waals surface area contributed by atoms with Gasteiger partial charge >= 0.3 is 0 Å². The number of benzene rings is 3. The van der Waals surface area contributed by atoms with E-state index < -0.39 is 0 Å². The van der Waals surface area contributed by atoms with E-state index in [2.05, 4.69) is 45.5 Å². The van der Waals surface area contributed by atoms with E-state index in [1.807, 2.05) is 72.4 Å². The SMILES string of the molecule is CCOc1cc(/C=N/NC(=O)c2ccc(-n3cccc3)cc2)cc(Br)c1OCc1ccc(C)cc1. The molecule has 0 aliphatic carbocycles. The lowest BCUT2D eigenvalue weighted by Crippen LogP contribution is -2.17. The van der Waals surface area contributed by atoms with Crippen LogP contribution in [0.1, 0.15) is 34.0 Å². The number of hydrazone groups is 1. The Morgan fingerprint density at radius 3 is 2.43 bits per heavy atom. The number of hydrogen-bond donors (Lipinski definition) is 1. The van der Waals surface area contributed by atoms with Crippen molar-refractivity contribution in [2.75, 3.05) is 6.61 Å². The Hall–Kier alpha value is -3.84. The summed E-state index contributed by atoms with van der Waals surface area (Å²) < 4.78 is 14.6. The molecule has 0 unspecified atom stereocenters. The lowest BCUT2D eigenvalue weighted by atomic mass is 10.1. The molecule has 1 heterocycles. The Bertz CT molecular complexity index is 1300. The van der Waals surface area contributed by atoms with Gasteiger partial charge in [0.2, 0.25) is 0 Å². The number of nitrogens with zero attached hydrogens (tertiary/aromatic N) is 2. The smallest absolute Gasteiger partial charge is 0.271 e. The Balaban J connectivity index is 1.42. The van der Waals surface area contributed by atoms with Crippen LogP contribution in [-0.4, -0.2) is 23.3 Å². The van der Waals surface area contributed by atoms with Crippen LogP contribution in [0, 0.1) is 6.92 Å². The van der Waals surface area contributed by atoms with Crippen molar-refractivity contribution in [2.45, 2.75) is 20.5 Å². The molecule has 35 heavy (non-hydrogen) atoms. The molecule has 3 aromatic carbocycles. The fraction of sp³-hybridized carbons (Fsp3) is 0.143. The Morgan fingerprint density at radius 1 is 1.03 bits per heavy atom. The maximum Gasteiger partial charge on any atom is 0.271 e. The predicted octanol–water partition coefficient (Wildman–Crippen LogP) is 6.29. The molecule has 1 N–H and O–H groups in total. The number of hydrogen-bond acceptors (Lipinski definition) is 4. The molecule has 4 rings (SSSR count). The molecule has 4 aromatic rings. The van der Waals surface area contributed by atoms with Crippen LogP contribution in [0.5, 0.6) is 11.5 Å². The molecule has 0 bridgehead atoms. The molecule has 0 aliphatic heterocycles. The molecule has 1 aromatic heterocycles. The summed E-state index contributed by atoms with van der Waals surface area (Å²) in [5.41, 5.74) is 7.11. The normalized spacial score (nSPS) is 10.9. The standard InChI is InChI=1S/C28H26BrN3O3/c1-3-34-26-17-22(16-25(29)27(26)35-19-21-8-6-20(2)7-9-21)18-30-31-28(33)23-10-12-24(13-11-23)32-14-4-5-15-32/h4-18H,3,19H2,1-2H3,(H,31,33)/b30-18+. The quantitative estimate of drug-likeness (QED) is 0.204. The molecule has 0 radical (unpaired) electrons. The van der Waals surface area contributed by atoms with E-state index in [9.17, 15) is 4.79 Å². The van der Waals surface area contributed by atoms with E-state index in [1.54, 1.807) is 18.3 Å². The minimum absolute atomic E-state index is 0.289. The summed E-state index contributed by atoms with van der Waals surface area (Å²) in [7, 11) is 0. The molecular formula is C28H26BrN3O3. The van der Waals surface area contributed by atoms with Gasteiger partial charge in [-0.25, -0.2) is 5.43 Å². The van der Waals surface area contributed by atoms with E-state index in [1.165, 1.54) is 5.56 Å². The Kier molecular flexibility index (Phi) is 8.00. The van der Waals surface area contributed by atoms with E-state index in [0.29, 0.717) is 30.3 Å². The number of carbonyl (C=O) groups excluding carboxylic acids is 1. The molecule has 0 saturated heterocycles. The molecular weight excluding hydrogens is 506 g/mol. The van der Waals surface area contributed by atoms with Crippen LogP contribution >= 0.6 is 15.9 Å². The van der Waals surface area contributed by atoms with Gasteiger partial charge in [0.05, 0.1) is 17.3 Å². The summed E-state index contributed by atoms with van der Waals surface area (Å²) in [5, 5.41) is 4.12. The molecule has 178 valence electrons. The number of aromatic nitrogens is 1. The summed E-state index contributed by atoms with van der Waals surface area (Å²) >= 11 is 3.58. The predicted molar refractivity (Wildman–Crippen MR) is 142 cm³/mol. The summed E-state index contributed by atoms with van der Waals surface area (Å²) in [6.07, 6.45) is 5.48. The van der Waals surface area contributed by atoms with Gasteiger partial charge in [0.25, 0.3) is 5.91 Å². The fourth-order valence-corrected chi connectivity index (χ4v) is 4.00. The number of nitrogens with one attached hydrogen (secondary N) is 1. The van der Waals surface area contributed by atoms with Crippen molar-refractivity contribution in [1.82, 2.24) is 9.99 Å². The fourth-order valence-electron chi connectivity index (χ4n) is 3.43. The lowest BCUT2D eigenvalue weighted by Gasteiger charge is -2.15. The minimum atomic E-state index is -0.289. The largest absolute Gasteiger partial charge is 0.490 e. The Labute approximate surface area is 213 Å². The minimum Gasteiger partial charge on any atom is -0.490 e. The van der Waals surface area contributed by atoms with Crippen LogP contribution in [0.2, 0.25) is 0 Å². The number of ether oxygens (including phenoxy) is 2. The zero-order chi connectivity index (χ0) is 24.6. The first kappa shape index (κ1) is 24.3. The van der Waals surface area contributed by atoms with Gasteiger partial charge in [-0.1, -0.05) is 29.8 Å². The lowest BCUT2D eigenvalue weighted by molar-refractivity contribution is 0.0955. The third-order valence-electron chi connectivity index (χ3n) is 5.25. The third-order valence-corrected chi connectivity index (χ3v) is 5.84. The van der Waals surface area contributed by atoms with Crippen molar-refractivity contribution in [3.05, 3.63) is 112 Å². The highest BCUT2D eigenvalue weighted by Crippen LogP contribution is 2.37. The number of amides is 1. The molecule has 6 nitrogen and oxygen atoms in total. The summed E-state index contributed by atoms with van der Waals surface area (Å²) in [6.45, 7) is 4.88. The zero-order valence-corrected chi connectivity index (χ0v) is 21.2. The van der Waals surface area contributed by atoms with E-state index >= 15 is 0 Å². The molecule has 0 aliphatic rings. The maximum atomic E-state index is 12.5. The molecule has 0 spiro atoms. The van der Waals surface area contributed by atoms with Gasteiger partial charge in [-0.3, -0.25) is 4.79 Å². The summed E-state index contributed by atoms with van der Waals surface area (Å²) in [5.74, 6) is 0.932. The van der Waals surface area contributed by atoms with E-state index in [4.69, 9.17) is 9.47 Å². The summed E-state index contributed by atoms with van der Waals surface area (Å²) in [4.78, 5) is 12.5. The van der Waals surface area contributed by atoms with E-state index in [0.717, 1.165) is 21.3 Å². The van der Waals surface area contributed by atoms with Crippen LogP contribution in [0.4, 0.5) is 0 Å². The first-order chi connectivity index (χ1) is 17.0. The van der Waals surface area contributed by atoms with Gasteiger partial charge in [0.1, 0.15) is 6.61 Å². The van der Waals surface area contributed by atoms with Crippen molar-refractivity contribution < 1.29 is 14.3 Å². The molecule has 1 amide bonds. The van der Waals surface area contributed by atoms with Crippen molar-refractivity contribution in [2.24, 2.45) is 5.10 Å². The number of carbonyl (C=O) groups is 1.